The van der Waals surface area contributed by atoms with Gasteiger partial charge in [-0.15, -0.1) is 0 Å². The van der Waals surface area contributed by atoms with Crippen LogP contribution in [0.3, 0.4) is 0 Å². The van der Waals surface area contributed by atoms with Gasteiger partial charge in [-0.1, -0.05) is 25.7 Å². The van der Waals surface area contributed by atoms with E-state index in [1.54, 1.807) is 0 Å². The Hall–Kier alpha value is -1.30. The number of carbonyl (C=O) groups is 2. The molecular formula is C20H36N4O2. The predicted molar refractivity (Wildman–Crippen MR) is 103 cm³/mol. The topological polar surface area (TPSA) is 73.5 Å². The highest BCUT2D eigenvalue weighted by Gasteiger charge is 2.30. The van der Waals surface area contributed by atoms with E-state index < -0.39 is 0 Å². The minimum atomic E-state index is -0.0277. The monoisotopic (exact) mass is 364 g/mol. The second kappa shape index (κ2) is 10.1. The largest absolute Gasteiger partial charge is 0.341 e. The van der Waals surface area contributed by atoms with Crippen molar-refractivity contribution in [1.29, 1.82) is 0 Å². The van der Waals surface area contributed by atoms with E-state index in [0.717, 1.165) is 51.6 Å². The number of likely N-dealkylation sites (tertiary alicyclic amines) is 1. The van der Waals surface area contributed by atoms with E-state index in [2.05, 4.69) is 20.9 Å². The summed E-state index contributed by atoms with van der Waals surface area (Å²) in [5.74, 6) is 0.308. The van der Waals surface area contributed by atoms with Gasteiger partial charge in [0.2, 0.25) is 5.91 Å². The molecule has 3 aliphatic rings. The molecule has 26 heavy (non-hydrogen) atoms. The first-order valence-corrected chi connectivity index (χ1v) is 10.8. The third-order valence-corrected chi connectivity index (χ3v) is 6.17. The molecule has 2 atom stereocenters. The van der Waals surface area contributed by atoms with E-state index in [0.29, 0.717) is 37.0 Å². The molecule has 0 spiro atoms. The zero-order chi connectivity index (χ0) is 18.2. The Kier molecular flexibility index (Phi) is 7.59. The van der Waals surface area contributed by atoms with Crippen molar-refractivity contribution >= 4 is 11.9 Å². The highest BCUT2D eigenvalue weighted by atomic mass is 16.2. The van der Waals surface area contributed by atoms with Gasteiger partial charge in [-0.25, -0.2) is 4.79 Å². The van der Waals surface area contributed by atoms with Crippen molar-refractivity contribution in [3.8, 4) is 0 Å². The molecule has 3 fully saturated rings. The van der Waals surface area contributed by atoms with Gasteiger partial charge in [0.1, 0.15) is 0 Å². The summed E-state index contributed by atoms with van der Waals surface area (Å²) >= 11 is 0. The SMILES string of the molecule is O=C(NCCCCCC(=O)N1CCC2CCC(C1)N2)NC1CCCCC1. The molecule has 2 saturated heterocycles. The average molecular weight is 365 g/mol. The van der Waals surface area contributed by atoms with E-state index in [1.165, 1.54) is 32.1 Å². The summed E-state index contributed by atoms with van der Waals surface area (Å²) in [6.45, 7) is 2.50. The fraction of sp³-hybridized carbons (Fsp3) is 0.900. The second-order valence-electron chi connectivity index (χ2n) is 8.31. The number of unbranched alkanes of at least 4 members (excludes halogenated alkanes) is 2. The van der Waals surface area contributed by atoms with Gasteiger partial charge in [-0.2, -0.15) is 0 Å². The van der Waals surface area contributed by atoms with Crippen molar-refractivity contribution in [2.75, 3.05) is 19.6 Å². The lowest BCUT2D eigenvalue weighted by molar-refractivity contribution is -0.131. The average Bonchev–Trinajstić information content (AvgIpc) is 2.97. The fourth-order valence-corrected chi connectivity index (χ4v) is 4.59. The molecule has 2 aliphatic heterocycles. The molecule has 148 valence electrons. The number of nitrogens with one attached hydrogen (secondary N) is 3. The Morgan fingerprint density at radius 2 is 1.73 bits per heavy atom. The Morgan fingerprint density at radius 3 is 2.58 bits per heavy atom. The molecule has 1 saturated carbocycles. The maximum atomic E-state index is 12.4. The molecular weight excluding hydrogens is 328 g/mol. The molecule has 3 amide bonds. The first-order valence-electron chi connectivity index (χ1n) is 10.8. The van der Waals surface area contributed by atoms with E-state index in [1.807, 2.05) is 0 Å². The summed E-state index contributed by atoms with van der Waals surface area (Å²) in [4.78, 5) is 26.3. The molecule has 0 aromatic rings. The number of amides is 3. The van der Waals surface area contributed by atoms with Gasteiger partial charge in [0.15, 0.2) is 0 Å². The number of hydrogen-bond donors (Lipinski definition) is 3. The number of carbonyl (C=O) groups excluding carboxylic acids is 2. The molecule has 2 heterocycles. The summed E-state index contributed by atoms with van der Waals surface area (Å²) in [5.41, 5.74) is 0. The molecule has 2 unspecified atom stereocenters. The Balaban J connectivity index is 1.20. The van der Waals surface area contributed by atoms with Gasteiger partial charge in [0, 0.05) is 44.2 Å². The van der Waals surface area contributed by atoms with Crippen LogP contribution in [0.15, 0.2) is 0 Å². The summed E-state index contributed by atoms with van der Waals surface area (Å²) in [7, 11) is 0. The van der Waals surface area contributed by atoms with Crippen LogP contribution in [-0.4, -0.2) is 54.6 Å². The summed E-state index contributed by atoms with van der Waals surface area (Å²) in [6.07, 6.45) is 13.1. The lowest BCUT2D eigenvalue weighted by Crippen LogP contribution is -2.43. The molecule has 6 heteroatoms. The van der Waals surface area contributed by atoms with Gasteiger partial charge in [-0.05, 0) is 44.9 Å². The first kappa shape index (κ1) is 19.5. The van der Waals surface area contributed by atoms with Crippen molar-refractivity contribution in [3.63, 3.8) is 0 Å². The van der Waals surface area contributed by atoms with Crippen LogP contribution in [0.2, 0.25) is 0 Å². The number of rotatable bonds is 7. The Bertz CT molecular complexity index is 465. The van der Waals surface area contributed by atoms with Gasteiger partial charge in [0.05, 0.1) is 0 Å². The third-order valence-electron chi connectivity index (χ3n) is 6.17. The zero-order valence-electron chi connectivity index (χ0n) is 16.1. The minimum absolute atomic E-state index is 0.0277. The zero-order valence-corrected chi connectivity index (χ0v) is 16.1. The normalized spacial score (nSPS) is 26.4. The Labute approximate surface area is 157 Å². The lowest BCUT2D eigenvalue weighted by atomic mass is 9.96. The maximum Gasteiger partial charge on any atom is 0.315 e. The summed E-state index contributed by atoms with van der Waals surface area (Å²) in [5, 5.41) is 9.65. The molecule has 0 aromatic carbocycles. The quantitative estimate of drug-likeness (QED) is 0.608. The highest BCUT2D eigenvalue weighted by Crippen LogP contribution is 2.21. The minimum Gasteiger partial charge on any atom is -0.341 e. The number of fused-ring (bicyclic) bond motifs is 2. The Morgan fingerprint density at radius 1 is 0.923 bits per heavy atom. The van der Waals surface area contributed by atoms with Crippen LogP contribution < -0.4 is 16.0 Å². The van der Waals surface area contributed by atoms with Crippen LogP contribution in [0.4, 0.5) is 4.79 Å². The van der Waals surface area contributed by atoms with Crippen molar-refractivity contribution in [2.24, 2.45) is 0 Å². The smallest absolute Gasteiger partial charge is 0.315 e. The molecule has 6 nitrogen and oxygen atoms in total. The molecule has 0 aromatic heterocycles. The van der Waals surface area contributed by atoms with Crippen LogP contribution >= 0.6 is 0 Å². The predicted octanol–water partition coefficient (Wildman–Crippen LogP) is 2.53. The number of hydrogen-bond acceptors (Lipinski definition) is 3. The molecule has 3 N–H and O–H groups in total. The van der Waals surface area contributed by atoms with Gasteiger partial charge in [-0.3, -0.25) is 4.79 Å². The lowest BCUT2D eigenvalue weighted by Gasteiger charge is -2.24. The van der Waals surface area contributed by atoms with Gasteiger partial charge < -0.3 is 20.9 Å². The molecule has 0 radical (unpaired) electrons. The van der Waals surface area contributed by atoms with E-state index in [9.17, 15) is 9.59 Å². The first-order chi connectivity index (χ1) is 12.7. The fourth-order valence-electron chi connectivity index (χ4n) is 4.59. The number of nitrogens with zero attached hydrogens (tertiary/aromatic N) is 1. The van der Waals surface area contributed by atoms with E-state index in [4.69, 9.17) is 0 Å². The van der Waals surface area contributed by atoms with Crippen LogP contribution in [0.5, 0.6) is 0 Å². The van der Waals surface area contributed by atoms with E-state index in [-0.39, 0.29) is 6.03 Å². The van der Waals surface area contributed by atoms with Crippen molar-refractivity contribution < 1.29 is 9.59 Å². The summed E-state index contributed by atoms with van der Waals surface area (Å²) < 4.78 is 0. The molecule has 1 aliphatic carbocycles. The standard InChI is InChI=1S/C20H36N4O2/c25-19(24-14-12-17-10-11-18(15-24)22-17)9-5-2-6-13-21-20(26)23-16-7-3-1-4-8-16/h16-18,22H,1-15H2,(H2,21,23,26). The van der Waals surface area contributed by atoms with E-state index >= 15 is 0 Å². The molecule has 2 bridgehead atoms. The third kappa shape index (κ3) is 6.15. The number of urea groups is 1. The van der Waals surface area contributed by atoms with Crippen LogP contribution in [0, 0.1) is 0 Å². The van der Waals surface area contributed by atoms with Crippen LogP contribution in [0.1, 0.15) is 77.0 Å². The second-order valence-corrected chi connectivity index (χ2v) is 8.31. The van der Waals surface area contributed by atoms with Gasteiger partial charge in [0.25, 0.3) is 0 Å². The highest BCUT2D eigenvalue weighted by molar-refractivity contribution is 5.76. The maximum absolute atomic E-state index is 12.4. The van der Waals surface area contributed by atoms with Crippen LogP contribution in [0.25, 0.3) is 0 Å². The van der Waals surface area contributed by atoms with Gasteiger partial charge >= 0.3 is 6.03 Å². The van der Waals surface area contributed by atoms with Crippen molar-refractivity contribution in [3.05, 3.63) is 0 Å². The molecule has 3 rings (SSSR count). The van der Waals surface area contributed by atoms with Crippen molar-refractivity contribution in [1.82, 2.24) is 20.9 Å². The van der Waals surface area contributed by atoms with Crippen LogP contribution in [-0.2, 0) is 4.79 Å². The van der Waals surface area contributed by atoms with Crippen molar-refractivity contribution in [2.45, 2.75) is 95.2 Å². The summed E-state index contributed by atoms with van der Waals surface area (Å²) in [6, 6.07) is 1.47.